The van der Waals surface area contributed by atoms with Gasteiger partial charge in [-0.05, 0) is 60.9 Å². The molecule has 2 amide bonds. The molecule has 4 aromatic rings. The van der Waals surface area contributed by atoms with Crippen LogP contribution in [-0.2, 0) is 32.6 Å². The highest BCUT2D eigenvalue weighted by molar-refractivity contribution is 7.92. The third-order valence-corrected chi connectivity index (χ3v) is 9.63. The summed E-state index contributed by atoms with van der Waals surface area (Å²) in [7, 11) is -2.69. The molecule has 1 atom stereocenters. The van der Waals surface area contributed by atoms with E-state index in [0.717, 1.165) is 15.4 Å². The highest BCUT2D eigenvalue weighted by atomic mass is 35.5. The summed E-state index contributed by atoms with van der Waals surface area (Å²) in [6.07, 6.45) is 0.184. The Balaban J connectivity index is 1.85. The molecular formula is C33H33Cl2N3O4S. The zero-order valence-corrected chi connectivity index (χ0v) is 26.5. The number of nitrogens with zero attached hydrogens (tertiary/aromatic N) is 2. The largest absolute Gasteiger partial charge is 0.357 e. The van der Waals surface area contributed by atoms with Gasteiger partial charge >= 0.3 is 0 Å². The quantitative estimate of drug-likeness (QED) is 0.212. The number of hydrogen-bond donors (Lipinski definition) is 1. The molecule has 0 saturated heterocycles. The Labute approximate surface area is 263 Å². The maximum Gasteiger partial charge on any atom is 0.264 e. The fourth-order valence-corrected chi connectivity index (χ4v) is 6.80. The van der Waals surface area contributed by atoms with E-state index in [9.17, 15) is 18.0 Å². The summed E-state index contributed by atoms with van der Waals surface area (Å²) in [5.74, 6) is -1.01. The Kier molecular flexibility index (Phi) is 10.5. The van der Waals surface area contributed by atoms with Gasteiger partial charge in [0.05, 0.1) is 10.6 Å². The van der Waals surface area contributed by atoms with Crippen LogP contribution >= 0.6 is 23.2 Å². The first-order valence-corrected chi connectivity index (χ1v) is 15.9. The van der Waals surface area contributed by atoms with Gasteiger partial charge in [0.25, 0.3) is 10.0 Å². The first-order valence-electron chi connectivity index (χ1n) is 13.7. The number of halogens is 2. The Morgan fingerprint density at radius 1 is 0.837 bits per heavy atom. The lowest BCUT2D eigenvalue weighted by molar-refractivity contribution is -0.139. The Morgan fingerprint density at radius 2 is 1.44 bits per heavy atom. The molecule has 10 heteroatoms. The van der Waals surface area contributed by atoms with E-state index in [-0.39, 0.29) is 17.9 Å². The van der Waals surface area contributed by atoms with Gasteiger partial charge in [0, 0.05) is 35.6 Å². The first-order chi connectivity index (χ1) is 20.5. The summed E-state index contributed by atoms with van der Waals surface area (Å²) in [4.78, 5) is 29.2. The van der Waals surface area contributed by atoms with Gasteiger partial charge in [0.2, 0.25) is 11.8 Å². The number of rotatable bonds is 11. The molecule has 7 nitrogen and oxygen atoms in total. The summed E-state index contributed by atoms with van der Waals surface area (Å²) in [6.45, 7) is 2.96. The molecular weight excluding hydrogens is 605 g/mol. The van der Waals surface area contributed by atoms with Crippen molar-refractivity contribution in [3.63, 3.8) is 0 Å². The lowest BCUT2D eigenvalue weighted by atomic mass is 10.0. The Morgan fingerprint density at radius 3 is 2.05 bits per heavy atom. The Bertz CT molecular complexity index is 1680. The van der Waals surface area contributed by atoms with E-state index in [0.29, 0.717) is 26.9 Å². The van der Waals surface area contributed by atoms with Gasteiger partial charge in [-0.3, -0.25) is 13.9 Å². The van der Waals surface area contributed by atoms with Crippen molar-refractivity contribution in [2.45, 2.75) is 37.8 Å². The molecule has 0 aliphatic rings. The van der Waals surface area contributed by atoms with E-state index in [1.165, 1.54) is 24.1 Å². The molecule has 0 fully saturated rings. The number of aryl methyl sites for hydroxylation is 2. The Hall–Kier alpha value is -3.85. The van der Waals surface area contributed by atoms with Crippen LogP contribution in [0.5, 0.6) is 0 Å². The van der Waals surface area contributed by atoms with E-state index in [4.69, 9.17) is 23.2 Å². The average Bonchev–Trinajstić information content (AvgIpc) is 3.00. The van der Waals surface area contributed by atoms with Gasteiger partial charge in [-0.2, -0.15) is 0 Å². The van der Waals surface area contributed by atoms with Gasteiger partial charge in [-0.1, -0.05) is 89.9 Å². The van der Waals surface area contributed by atoms with Gasteiger partial charge in [-0.25, -0.2) is 8.42 Å². The van der Waals surface area contributed by atoms with E-state index >= 15 is 0 Å². The number of sulfonamides is 1. The molecule has 0 saturated carbocycles. The number of anilines is 1. The summed E-state index contributed by atoms with van der Waals surface area (Å²) in [6, 6.07) is 26.7. The number of carbonyl (C=O) groups excluding carboxylic acids is 2. The minimum Gasteiger partial charge on any atom is -0.357 e. The third-order valence-electron chi connectivity index (χ3n) is 7.15. The number of likely N-dealkylation sites (N-methyl/N-ethyl adjacent to an activating group) is 1. The molecule has 0 spiro atoms. The molecule has 4 rings (SSSR count). The maximum atomic E-state index is 14.4. The maximum absolute atomic E-state index is 14.4. The summed E-state index contributed by atoms with van der Waals surface area (Å²) in [5, 5.41) is 3.31. The van der Waals surface area contributed by atoms with Crippen LogP contribution in [0.15, 0.2) is 102 Å². The molecule has 0 aliphatic carbocycles. The first kappa shape index (κ1) is 32.1. The van der Waals surface area contributed by atoms with Gasteiger partial charge < -0.3 is 10.2 Å². The molecule has 0 heterocycles. The van der Waals surface area contributed by atoms with E-state index in [2.05, 4.69) is 5.32 Å². The predicted octanol–water partition coefficient (Wildman–Crippen LogP) is 6.19. The second-order valence-electron chi connectivity index (χ2n) is 10.2. The molecule has 224 valence electrons. The third kappa shape index (κ3) is 7.57. The number of nitrogens with one attached hydrogen (secondary N) is 1. The average molecular weight is 639 g/mol. The summed E-state index contributed by atoms with van der Waals surface area (Å²) >= 11 is 13.0. The minimum atomic E-state index is -4.19. The monoisotopic (exact) mass is 637 g/mol. The van der Waals surface area contributed by atoms with Crippen LogP contribution in [0.25, 0.3) is 0 Å². The molecule has 0 aromatic heterocycles. The second-order valence-corrected chi connectivity index (χ2v) is 12.8. The van der Waals surface area contributed by atoms with E-state index in [1.807, 2.05) is 49.4 Å². The van der Waals surface area contributed by atoms with Gasteiger partial charge in [0.1, 0.15) is 12.6 Å². The van der Waals surface area contributed by atoms with Crippen molar-refractivity contribution in [2.75, 3.05) is 17.9 Å². The van der Waals surface area contributed by atoms with Crippen LogP contribution in [0.2, 0.25) is 10.0 Å². The molecule has 0 unspecified atom stereocenters. The summed E-state index contributed by atoms with van der Waals surface area (Å²) < 4.78 is 29.3. The summed E-state index contributed by atoms with van der Waals surface area (Å²) in [5.41, 5.74) is 3.14. The molecule has 0 aliphatic heterocycles. The highest BCUT2D eigenvalue weighted by Crippen LogP contribution is 2.30. The van der Waals surface area contributed by atoms with Crippen molar-refractivity contribution >= 4 is 50.7 Å². The van der Waals surface area contributed by atoms with Gasteiger partial charge in [-0.15, -0.1) is 0 Å². The fraction of sp³-hybridized carbons (Fsp3) is 0.212. The normalized spacial score (nSPS) is 11.9. The smallest absolute Gasteiger partial charge is 0.264 e. The topological polar surface area (TPSA) is 86.8 Å². The zero-order valence-electron chi connectivity index (χ0n) is 24.1. The lowest BCUT2D eigenvalue weighted by Gasteiger charge is -2.34. The number of amides is 2. The molecule has 1 N–H and O–H groups in total. The van der Waals surface area contributed by atoms with Crippen LogP contribution in [0.4, 0.5) is 5.69 Å². The van der Waals surface area contributed by atoms with Crippen molar-refractivity contribution < 1.29 is 18.0 Å². The standard InChI is InChI=1S/C33H33Cl2N3O4S/c1-23-17-18-24(2)30(19-23)38(43(41,42)26-13-8-5-9-14-26)22-32(39)37(21-27-28(34)15-10-16-29(27)35)31(33(40)36-3)20-25-11-6-4-7-12-25/h4-19,31H,20-22H2,1-3H3,(H,36,40)/t31-/m0/s1. The SMILES string of the molecule is CNC(=O)[C@H](Cc1ccccc1)N(Cc1c(Cl)cccc1Cl)C(=O)CN(c1cc(C)ccc1C)S(=O)(=O)c1ccccc1. The van der Waals surface area contributed by atoms with Crippen molar-refractivity contribution in [3.8, 4) is 0 Å². The predicted molar refractivity (Wildman–Crippen MR) is 172 cm³/mol. The van der Waals surface area contributed by atoms with E-state index in [1.54, 1.807) is 49.4 Å². The van der Waals surface area contributed by atoms with Crippen molar-refractivity contribution in [3.05, 3.63) is 129 Å². The van der Waals surface area contributed by atoms with Crippen LogP contribution in [0.1, 0.15) is 22.3 Å². The molecule has 0 bridgehead atoms. The van der Waals surface area contributed by atoms with Crippen LogP contribution in [0.3, 0.4) is 0 Å². The van der Waals surface area contributed by atoms with E-state index < -0.39 is 34.4 Å². The molecule has 0 radical (unpaired) electrons. The fourth-order valence-electron chi connectivity index (χ4n) is 4.80. The highest BCUT2D eigenvalue weighted by Gasteiger charge is 2.35. The van der Waals surface area contributed by atoms with Crippen molar-refractivity contribution in [2.24, 2.45) is 0 Å². The van der Waals surface area contributed by atoms with Crippen molar-refractivity contribution in [1.29, 1.82) is 0 Å². The van der Waals surface area contributed by atoms with Crippen LogP contribution in [-0.4, -0.2) is 44.8 Å². The second kappa shape index (κ2) is 14.1. The molecule has 43 heavy (non-hydrogen) atoms. The number of carbonyl (C=O) groups is 2. The minimum absolute atomic E-state index is 0.0385. The number of hydrogen-bond acceptors (Lipinski definition) is 4. The number of benzene rings is 4. The van der Waals surface area contributed by atoms with Crippen LogP contribution < -0.4 is 9.62 Å². The zero-order chi connectivity index (χ0) is 31.1. The van der Waals surface area contributed by atoms with Crippen molar-refractivity contribution in [1.82, 2.24) is 10.2 Å². The molecule has 4 aromatic carbocycles. The lowest BCUT2D eigenvalue weighted by Crippen LogP contribution is -2.53. The van der Waals surface area contributed by atoms with Crippen LogP contribution in [0, 0.1) is 13.8 Å². The van der Waals surface area contributed by atoms with Gasteiger partial charge in [0.15, 0.2) is 0 Å².